The first kappa shape index (κ1) is 18.9. The lowest BCUT2D eigenvalue weighted by molar-refractivity contribution is -0.131. The van der Waals surface area contributed by atoms with Gasteiger partial charge in [0.15, 0.2) is 5.60 Å². The van der Waals surface area contributed by atoms with E-state index in [4.69, 9.17) is 4.74 Å². The Morgan fingerprint density at radius 3 is 1.90 bits per heavy atom. The minimum atomic E-state index is -0.998. The Morgan fingerprint density at radius 2 is 1.38 bits per heavy atom. The number of imide groups is 1. The third kappa shape index (κ3) is 3.66. The smallest absolute Gasteiger partial charge is 0.418 e. The fraction of sp³-hybridized carbons (Fsp3) is 0.200. The predicted octanol–water partition coefficient (Wildman–Crippen LogP) is 4.79. The number of carbonyl (C=O) groups is 2. The summed E-state index contributed by atoms with van der Waals surface area (Å²) in [7, 11) is 0. The molecule has 1 atom stereocenters. The van der Waals surface area contributed by atoms with Crippen LogP contribution < -0.4 is 0 Å². The average Bonchev–Trinajstić information content (AvgIpc) is 3.13. The van der Waals surface area contributed by atoms with E-state index in [-0.39, 0.29) is 18.4 Å². The van der Waals surface area contributed by atoms with Crippen LogP contribution in [0.5, 0.6) is 0 Å². The topological polar surface area (TPSA) is 46.6 Å². The lowest BCUT2D eigenvalue weighted by Gasteiger charge is -2.28. The molecule has 0 saturated carbocycles. The molecule has 1 saturated heterocycles. The number of cyclic esters (lactones) is 1. The molecule has 0 unspecified atom stereocenters. The molecular weight excluding hydrogens is 362 g/mol. The maximum atomic E-state index is 13.1. The molecule has 29 heavy (non-hydrogen) atoms. The second-order valence-electron chi connectivity index (χ2n) is 7.44. The van der Waals surface area contributed by atoms with Crippen LogP contribution in [-0.2, 0) is 21.6 Å². The van der Waals surface area contributed by atoms with Crippen molar-refractivity contribution in [2.75, 3.05) is 6.54 Å². The zero-order chi connectivity index (χ0) is 20.3. The van der Waals surface area contributed by atoms with Gasteiger partial charge in [0.1, 0.15) is 0 Å². The Hall–Kier alpha value is -3.40. The van der Waals surface area contributed by atoms with Gasteiger partial charge in [0.2, 0.25) is 5.91 Å². The summed E-state index contributed by atoms with van der Waals surface area (Å²) >= 11 is 0. The Balaban J connectivity index is 1.64. The monoisotopic (exact) mass is 385 g/mol. The predicted molar refractivity (Wildman–Crippen MR) is 111 cm³/mol. The Bertz CT molecular complexity index is 947. The number of hydrogen-bond donors (Lipinski definition) is 0. The molecule has 0 N–H and O–H groups in total. The van der Waals surface area contributed by atoms with E-state index >= 15 is 0 Å². The van der Waals surface area contributed by atoms with Crippen LogP contribution in [0, 0.1) is 5.92 Å². The summed E-state index contributed by atoms with van der Waals surface area (Å²) in [5.41, 5.74) is 1.77. The number of benzene rings is 3. The fourth-order valence-electron chi connectivity index (χ4n) is 3.89. The molecule has 4 rings (SSSR count). The molecule has 2 amide bonds. The Morgan fingerprint density at radius 1 is 0.897 bits per heavy atom. The summed E-state index contributed by atoms with van der Waals surface area (Å²) in [6.45, 7) is 2.02. The summed E-state index contributed by atoms with van der Waals surface area (Å²) in [4.78, 5) is 27.2. The van der Waals surface area contributed by atoms with Crippen LogP contribution in [0.1, 0.15) is 23.6 Å². The molecule has 0 aromatic heterocycles. The van der Waals surface area contributed by atoms with Gasteiger partial charge in [0, 0.05) is 17.0 Å². The van der Waals surface area contributed by atoms with Gasteiger partial charge in [-0.3, -0.25) is 4.79 Å². The number of hydrogen-bond acceptors (Lipinski definition) is 3. The molecule has 0 aliphatic carbocycles. The van der Waals surface area contributed by atoms with E-state index in [2.05, 4.69) is 0 Å². The molecule has 1 aliphatic rings. The molecule has 3 aromatic carbocycles. The highest BCUT2D eigenvalue weighted by atomic mass is 16.6. The van der Waals surface area contributed by atoms with Gasteiger partial charge in [-0.15, -0.1) is 0 Å². The van der Waals surface area contributed by atoms with Crippen LogP contribution in [0.2, 0.25) is 0 Å². The van der Waals surface area contributed by atoms with E-state index in [1.54, 1.807) is 0 Å². The number of rotatable bonds is 5. The second kappa shape index (κ2) is 7.92. The molecule has 1 fully saturated rings. The molecule has 3 aromatic rings. The lowest BCUT2D eigenvalue weighted by Crippen LogP contribution is -2.39. The highest BCUT2D eigenvalue weighted by Crippen LogP contribution is 2.40. The SMILES string of the molecule is C[C@@H](Cc1ccccc1)C(=O)N1CC(c2ccccc2)(c2ccccc2)OC1=O. The van der Waals surface area contributed by atoms with Crippen molar-refractivity contribution in [3.63, 3.8) is 0 Å². The van der Waals surface area contributed by atoms with Crippen molar-refractivity contribution < 1.29 is 14.3 Å². The summed E-state index contributed by atoms with van der Waals surface area (Å²) in [6.07, 6.45) is -0.0183. The van der Waals surface area contributed by atoms with Crippen LogP contribution in [0.4, 0.5) is 4.79 Å². The van der Waals surface area contributed by atoms with Crippen molar-refractivity contribution in [3.05, 3.63) is 108 Å². The standard InChI is InChI=1S/C25H23NO3/c1-19(17-20-11-5-2-6-12-20)23(27)26-18-25(29-24(26)28,21-13-7-3-8-14-21)22-15-9-4-10-16-22/h2-16,19H,17-18H2,1H3/t19-/m0/s1. The largest absolute Gasteiger partial charge is 0.431 e. The third-order valence-electron chi connectivity index (χ3n) is 5.42. The average molecular weight is 385 g/mol. The van der Waals surface area contributed by atoms with Crippen molar-refractivity contribution >= 4 is 12.0 Å². The number of nitrogens with zero attached hydrogens (tertiary/aromatic N) is 1. The van der Waals surface area contributed by atoms with E-state index in [1.807, 2.05) is 97.9 Å². The summed E-state index contributed by atoms with van der Waals surface area (Å²) in [5.74, 6) is -0.542. The van der Waals surface area contributed by atoms with Crippen LogP contribution in [0.3, 0.4) is 0 Å². The van der Waals surface area contributed by atoms with Crippen LogP contribution in [-0.4, -0.2) is 23.4 Å². The number of ether oxygens (including phenoxy) is 1. The molecule has 0 bridgehead atoms. The third-order valence-corrected chi connectivity index (χ3v) is 5.42. The number of carbonyl (C=O) groups excluding carboxylic acids is 2. The second-order valence-corrected chi connectivity index (χ2v) is 7.44. The van der Waals surface area contributed by atoms with Crippen molar-refractivity contribution in [1.29, 1.82) is 0 Å². The van der Waals surface area contributed by atoms with E-state index in [0.717, 1.165) is 16.7 Å². The molecule has 0 radical (unpaired) electrons. The van der Waals surface area contributed by atoms with E-state index in [1.165, 1.54) is 4.90 Å². The van der Waals surface area contributed by atoms with Crippen molar-refractivity contribution in [2.45, 2.75) is 18.9 Å². The first-order chi connectivity index (χ1) is 14.1. The van der Waals surface area contributed by atoms with E-state index in [9.17, 15) is 9.59 Å². The van der Waals surface area contributed by atoms with Crippen molar-refractivity contribution in [1.82, 2.24) is 4.90 Å². The first-order valence-corrected chi connectivity index (χ1v) is 9.79. The van der Waals surface area contributed by atoms with Crippen LogP contribution >= 0.6 is 0 Å². The van der Waals surface area contributed by atoms with Crippen molar-refractivity contribution in [2.24, 2.45) is 5.92 Å². The van der Waals surface area contributed by atoms with Gasteiger partial charge >= 0.3 is 6.09 Å². The Labute approximate surface area is 170 Å². The highest BCUT2D eigenvalue weighted by molar-refractivity contribution is 5.95. The zero-order valence-electron chi connectivity index (χ0n) is 16.3. The van der Waals surface area contributed by atoms with Gasteiger partial charge in [-0.1, -0.05) is 97.9 Å². The molecule has 4 heteroatoms. The van der Waals surface area contributed by atoms with E-state index < -0.39 is 11.7 Å². The Kier molecular flexibility index (Phi) is 5.17. The highest BCUT2D eigenvalue weighted by Gasteiger charge is 2.50. The molecule has 146 valence electrons. The molecular formula is C25H23NO3. The van der Waals surface area contributed by atoms with Crippen molar-refractivity contribution in [3.8, 4) is 0 Å². The van der Waals surface area contributed by atoms with Gasteiger partial charge in [-0.05, 0) is 12.0 Å². The minimum Gasteiger partial charge on any atom is -0.431 e. The number of amides is 2. The fourth-order valence-corrected chi connectivity index (χ4v) is 3.89. The van der Waals surface area contributed by atoms with Gasteiger partial charge in [0.25, 0.3) is 0 Å². The quantitative estimate of drug-likeness (QED) is 0.634. The van der Waals surface area contributed by atoms with Crippen LogP contribution in [0.15, 0.2) is 91.0 Å². The van der Waals surface area contributed by atoms with Gasteiger partial charge < -0.3 is 4.74 Å². The van der Waals surface area contributed by atoms with Crippen LogP contribution in [0.25, 0.3) is 0 Å². The van der Waals surface area contributed by atoms with Gasteiger partial charge in [0.05, 0.1) is 6.54 Å². The first-order valence-electron chi connectivity index (χ1n) is 9.79. The maximum absolute atomic E-state index is 13.1. The van der Waals surface area contributed by atoms with Gasteiger partial charge in [-0.2, -0.15) is 0 Å². The minimum absolute atomic E-state index is 0.165. The zero-order valence-corrected chi connectivity index (χ0v) is 16.3. The summed E-state index contributed by atoms with van der Waals surface area (Å²) in [6, 6.07) is 29.1. The normalized spacial score (nSPS) is 16.3. The molecule has 0 spiro atoms. The summed E-state index contributed by atoms with van der Waals surface area (Å²) in [5, 5.41) is 0. The molecule has 1 heterocycles. The molecule has 1 aliphatic heterocycles. The lowest BCUT2D eigenvalue weighted by atomic mass is 9.86. The summed E-state index contributed by atoms with van der Waals surface area (Å²) < 4.78 is 5.92. The van der Waals surface area contributed by atoms with E-state index in [0.29, 0.717) is 6.42 Å². The molecule has 4 nitrogen and oxygen atoms in total. The maximum Gasteiger partial charge on any atom is 0.418 e. The van der Waals surface area contributed by atoms with Gasteiger partial charge in [-0.25, -0.2) is 9.69 Å².